The molecule has 2 amide bonds. The third-order valence-corrected chi connectivity index (χ3v) is 4.56. The highest BCUT2D eigenvalue weighted by atomic mass is 35.5. The number of carbonyl (C=O) groups is 1. The number of urea groups is 1. The molecule has 160 valence electrons. The Hall–Kier alpha value is -3.17. The molecule has 0 aliphatic rings. The quantitative estimate of drug-likeness (QED) is 0.250. The van der Waals surface area contributed by atoms with Crippen molar-refractivity contribution in [2.75, 3.05) is 18.5 Å². The summed E-state index contributed by atoms with van der Waals surface area (Å²) in [5.74, 6) is 0. The van der Waals surface area contributed by atoms with Gasteiger partial charge >= 0.3 is 6.03 Å². The molecule has 2 aromatic carbocycles. The van der Waals surface area contributed by atoms with Gasteiger partial charge in [0.15, 0.2) is 0 Å². The Balaban J connectivity index is 2.13. The lowest BCUT2D eigenvalue weighted by molar-refractivity contribution is -0.384. The Morgan fingerprint density at radius 1 is 1.30 bits per heavy atom. The number of amides is 2. The van der Waals surface area contributed by atoms with E-state index >= 15 is 0 Å². The first-order chi connectivity index (χ1) is 14.1. The Morgan fingerprint density at radius 3 is 2.70 bits per heavy atom. The summed E-state index contributed by atoms with van der Waals surface area (Å²) in [7, 11) is 0. The van der Waals surface area contributed by atoms with Crippen molar-refractivity contribution in [2.45, 2.75) is 26.3 Å². The Labute approximate surface area is 179 Å². The molecule has 0 atom stereocenters. The van der Waals surface area contributed by atoms with Gasteiger partial charge in [-0.3, -0.25) is 10.1 Å². The van der Waals surface area contributed by atoms with Crippen molar-refractivity contribution in [3.63, 3.8) is 0 Å². The number of oxime groups is 1. The number of nitrogens with one attached hydrogen (secondary N) is 2. The van der Waals surface area contributed by atoms with Crippen molar-refractivity contribution in [1.29, 1.82) is 0 Å². The van der Waals surface area contributed by atoms with Crippen molar-refractivity contribution in [1.82, 2.24) is 5.32 Å². The lowest BCUT2D eigenvalue weighted by Crippen LogP contribution is -2.43. The largest absolute Gasteiger partial charge is 0.394 e. The van der Waals surface area contributed by atoms with Crippen LogP contribution in [0.25, 0.3) is 0 Å². The Bertz CT molecular complexity index is 962. The zero-order chi connectivity index (χ0) is 22.3. The van der Waals surface area contributed by atoms with Gasteiger partial charge in [0.25, 0.3) is 5.69 Å². The van der Waals surface area contributed by atoms with Crippen LogP contribution in [0.4, 0.5) is 16.2 Å². The average molecular weight is 434 g/mol. The van der Waals surface area contributed by atoms with Gasteiger partial charge in [-0.2, -0.15) is 0 Å². The Kier molecular flexibility index (Phi) is 7.73. The number of benzene rings is 2. The van der Waals surface area contributed by atoms with E-state index in [-0.39, 0.29) is 16.4 Å². The summed E-state index contributed by atoms with van der Waals surface area (Å²) < 4.78 is 0. The van der Waals surface area contributed by atoms with Gasteiger partial charge in [-0.05, 0) is 50.1 Å². The minimum absolute atomic E-state index is 0.00409. The summed E-state index contributed by atoms with van der Waals surface area (Å²) in [6.45, 7) is 6.20. The molecule has 4 N–H and O–H groups in total. The van der Waals surface area contributed by atoms with E-state index in [1.165, 1.54) is 18.2 Å². The maximum Gasteiger partial charge on any atom is 0.319 e. The number of nitrogens with zero attached hydrogens (tertiary/aromatic N) is 2. The summed E-state index contributed by atoms with van der Waals surface area (Å²) in [5, 5.41) is 20.5. The molecule has 2 rings (SSSR count). The van der Waals surface area contributed by atoms with Crippen LogP contribution in [0.15, 0.2) is 47.6 Å². The fourth-order valence-corrected chi connectivity index (χ4v) is 2.82. The van der Waals surface area contributed by atoms with Crippen LogP contribution < -0.4 is 16.4 Å². The molecule has 0 aliphatic heterocycles. The van der Waals surface area contributed by atoms with Crippen LogP contribution in [0.3, 0.4) is 0 Å². The number of nitrogens with two attached hydrogens (primary N) is 1. The second-order valence-electron chi connectivity index (χ2n) is 7.01. The van der Waals surface area contributed by atoms with Crippen LogP contribution in [0, 0.1) is 10.1 Å². The van der Waals surface area contributed by atoms with Crippen molar-refractivity contribution in [3.05, 3.63) is 68.7 Å². The number of carbonyl (C=O) groups excluding carboxylic acids is 1. The third kappa shape index (κ3) is 6.16. The maximum atomic E-state index is 12.5. The predicted octanol–water partition coefficient (Wildman–Crippen LogP) is 4.00. The van der Waals surface area contributed by atoms with Crippen LogP contribution in [0.5, 0.6) is 0 Å². The number of rotatable bonds is 8. The summed E-state index contributed by atoms with van der Waals surface area (Å²) >= 11 is 5.80. The molecule has 0 aromatic heterocycles. The van der Waals surface area contributed by atoms with Crippen LogP contribution in [-0.2, 0) is 10.4 Å². The standard InChI is InChI=1S/C20H24ClN5O4/c1-13(25-30-10-9-22)14-5-4-6-15(11-14)20(2,3)24-19(27)23-16-7-8-17(21)18(12-16)26(28)29/h4-8,11-12H,9-10,22H2,1-3H3,(H2,23,24,27). The predicted molar refractivity (Wildman–Crippen MR) is 117 cm³/mol. The monoisotopic (exact) mass is 433 g/mol. The van der Waals surface area contributed by atoms with Gasteiger partial charge in [0, 0.05) is 18.3 Å². The van der Waals surface area contributed by atoms with E-state index in [4.69, 9.17) is 22.2 Å². The number of anilines is 1. The molecule has 9 nitrogen and oxygen atoms in total. The molecule has 0 radical (unpaired) electrons. The SMILES string of the molecule is CC(=NOCCN)c1cccc(C(C)(C)NC(=O)Nc2ccc(Cl)c([N+](=O)[O-])c2)c1. The minimum Gasteiger partial charge on any atom is -0.394 e. The highest BCUT2D eigenvalue weighted by Gasteiger charge is 2.24. The molecule has 2 aromatic rings. The molecule has 0 heterocycles. The second kappa shape index (κ2) is 10.0. The molecule has 30 heavy (non-hydrogen) atoms. The first-order valence-corrected chi connectivity index (χ1v) is 9.52. The first-order valence-electron chi connectivity index (χ1n) is 9.14. The molecule has 0 bridgehead atoms. The number of nitro benzene ring substituents is 1. The number of hydrogen-bond acceptors (Lipinski definition) is 6. The smallest absolute Gasteiger partial charge is 0.319 e. The lowest BCUT2D eigenvalue weighted by Gasteiger charge is -2.27. The summed E-state index contributed by atoms with van der Waals surface area (Å²) in [6, 6.07) is 11.1. The molecule has 0 saturated carbocycles. The topological polar surface area (TPSA) is 132 Å². The normalized spacial score (nSPS) is 11.7. The third-order valence-electron chi connectivity index (χ3n) is 4.24. The van der Waals surface area contributed by atoms with Gasteiger partial charge in [-0.15, -0.1) is 0 Å². The van der Waals surface area contributed by atoms with Crippen LogP contribution in [0.1, 0.15) is 31.9 Å². The summed E-state index contributed by atoms with van der Waals surface area (Å²) in [5.41, 5.74) is 6.98. The number of hydrogen-bond donors (Lipinski definition) is 3. The summed E-state index contributed by atoms with van der Waals surface area (Å²) in [6.07, 6.45) is 0. The average Bonchev–Trinajstić information content (AvgIpc) is 2.69. The zero-order valence-electron chi connectivity index (χ0n) is 16.9. The highest BCUT2D eigenvalue weighted by molar-refractivity contribution is 6.32. The van der Waals surface area contributed by atoms with E-state index in [0.717, 1.165) is 11.1 Å². The van der Waals surface area contributed by atoms with Gasteiger partial charge < -0.3 is 21.2 Å². The van der Waals surface area contributed by atoms with E-state index in [1.807, 2.05) is 45.0 Å². The molecule has 0 fully saturated rings. The molecular formula is C20H24ClN5O4. The van der Waals surface area contributed by atoms with Gasteiger partial charge in [0.1, 0.15) is 11.6 Å². The van der Waals surface area contributed by atoms with Gasteiger partial charge in [-0.1, -0.05) is 35.0 Å². The zero-order valence-corrected chi connectivity index (χ0v) is 17.7. The molecule has 0 saturated heterocycles. The number of nitro groups is 1. The Morgan fingerprint density at radius 2 is 2.03 bits per heavy atom. The van der Waals surface area contributed by atoms with E-state index in [1.54, 1.807) is 0 Å². The fraction of sp³-hybridized carbons (Fsp3) is 0.300. The molecule has 0 unspecified atom stereocenters. The van der Waals surface area contributed by atoms with Gasteiger partial charge in [-0.25, -0.2) is 4.79 Å². The van der Waals surface area contributed by atoms with Crippen molar-refractivity contribution in [3.8, 4) is 0 Å². The maximum absolute atomic E-state index is 12.5. The highest BCUT2D eigenvalue weighted by Crippen LogP contribution is 2.27. The minimum atomic E-state index is -0.739. The fourth-order valence-electron chi connectivity index (χ4n) is 2.63. The van der Waals surface area contributed by atoms with Crippen LogP contribution in [0.2, 0.25) is 5.02 Å². The van der Waals surface area contributed by atoms with Crippen molar-refractivity contribution < 1.29 is 14.6 Å². The van der Waals surface area contributed by atoms with Crippen molar-refractivity contribution >= 4 is 34.7 Å². The van der Waals surface area contributed by atoms with E-state index in [0.29, 0.717) is 18.9 Å². The van der Waals surface area contributed by atoms with Gasteiger partial charge in [0.05, 0.1) is 16.2 Å². The molecular weight excluding hydrogens is 410 g/mol. The lowest BCUT2D eigenvalue weighted by atomic mass is 9.92. The number of halogens is 1. The second-order valence-corrected chi connectivity index (χ2v) is 7.41. The van der Waals surface area contributed by atoms with E-state index < -0.39 is 16.5 Å². The molecule has 0 aliphatic carbocycles. The molecule has 0 spiro atoms. The summed E-state index contributed by atoms with van der Waals surface area (Å²) in [4.78, 5) is 28.0. The van der Waals surface area contributed by atoms with E-state index in [9.17, 15) is 14.9 Å². The van der Waals surface area contributed by atoms with Crippen LogP contribution >= 0.6 is 11.6 Å². The van der Waals surface area contributed by atoms with Crippen molar-refractivity contribution in [2.24, 2.45) is 10.9 Å². The molecule has 10 heteroatoms. The van der Waals surface area contributed by atoms with Gasteiger partial charge in [0.2, 0.25) is 0 Å². The first kappa shape index (κ1) is 23.1. The van der Waals surface area contributed by atoms with E-state index in [2.05, 4.69) is 15.8 Å². The van der Waals surface area contributed by atoms with Crippen LogP contribution in [-0.4, -0.2) is 29.8 Å².